The minimum absolute atomic E-state index is 0.0409. The van der Waals surface area contributed by atoms with Crippen LogP contribution in [0.3, 0.4) is 0 Å². The Balaban J connectivity index is 1.90. The fourth-order valence-electron chi connectivity index (χ4n) is 3.75. The maximum atomic E-state index is 13.4. The maximum Gasteiger partial charge on any atom is 0.408 e. The van der Waals surface area contributed by atoms with Crippen LogP contribution in [0.15, 0.2) is 48.5 Å². The van der Waals surface area contributed by atoms with Crippen molar-refractivity contribution in [2.75, 3.05) is 0 Å². The number of ether oxygens (including phenoxy) is 4. The first-order valence-corrected chi connectivity index (χ1v) is 12.1. The summed E-state index contributed by atoms with van der Waals surface area (Å²) in [6.07, 6.45) is -1.22. The number of nitrogens with one attached hydrogen (secondary N) is 1. The normalized spacial score (nSPS) is 15.9. The fourth-order valence-corrected chi connectivity index (χ4v) is 3.75. The van der Waals surface area contributed by atoms with Gasteiger partial charge in [0.15, 0.2) is 11.5 Å². The number of alkyl carbamates (subject to hydrolysis) is 1. The van der Waals surface area contributed by atoms with Gasteiger partial charge in [0.1, 0.15) is 12.2 Å². The van der Waals surface area contributed by atoms with Gasteiger partial charge in [-0.2, -0.15) is 0 Å². The molecule has 2 aromatic rings. The number of amides is 1. The molecule has 1 aliphatic rings. The molecule has 208 valence electrons. The molecule has 1 saturated heterocycles. The molecule has 12 heteroatoms. The third kappa shape index (κ3) is 8.00. The molecule has 1 heterocycles. The number of rotatable bonds is 9. The predicted molar refractivity (Wildman–Crippen MR) is 135 cm³/mol. The topological polar surface area (TPSA) is 160 Å². The highest BCUT2D eigenvalue weighted by Crippen LogP contribution is 2.30. The molecular weight excluding hydrogens is 512 g/mol. The average Bonchev–Trinajstić information content (AvgIpc) is 2.80. The first-order valence-electron chi connectivity index (χ1n) is 12.1. The van der Waals surface area contributed by atoms with E-state index in [1.54, 1.807) is 45.0 Å². The zero-order valence-corrected chi connectivity index (χ0v) is 22.2. The lowest BCUT2D eigenvalue weighted by molar-refractivity contribution is -0.386. The van der Waals surface area contributed by atoms with Crippen LogP contribution in [0.4, 0.5) is 10.5 Å². The van der Waals surface area contributed by atoms with Crippen LogP contribution in [0.1, 0.15) is 45.7 Å². The van der Waals surface area contributed by atoms with Crippen molar-refractivity contribution in [3.8, 4) is 5.75 Å². The molecule has 0 bridgehead atoms. The maximum absolute atomic E-state index is 13.4. The Morgan fingerprint density at radius 1 is 1.05 bits per heavy atom. The molecule has 1 unspecified atom stereocenters. The molecule has 1 aliphatic heterocycles. The van der Waals surface area contributed by atoms with Crippen molar-refractivity contribution in [1.82, 2.24) is 5.32 Å². The number of cyclic esters (lactones) is 2. The number of hydrogen-bond donors (Lipinski definition) is 1. The lowest BCUT2D eigenvalue weighted by Gasteiger charge is -2.33. The summed E-state index contributed by atoms with van der Waals surface area (Å²) in [5, 5.41) is 14.0. The van der Waals surface area contributed by atoms with E-state index in [0.717, 1.165) is 5.56 Å². The summed E-state index contributed by atoms with van der Waals surface area (Å²) in [5.41, 5.74) is -0.0969. The second kappa shape index (κ2) is 11.5. The second-order valence-electron chi connectivity index (χ2n) is 10.3. The highest BCUT2D eigenvalue weighted by molar-refractivity contribution is 6.17. The third-order valence-electron chi connectivity index (χ3n) is 5.38. The molecule has 1 fully saturated rings. The summed E-state index contributed by atoms with van der Waals surface area (Å²) in [4.78, 5) is 62.0. The first kappa shape index (κ1) is 29.1. The van der Waals surface area contributed by atoms with E-state index >= 15 is 0 Å². The van der Waals surface area contributed by atoms with E-state index in [1.165, 1.54) is 32.0 Å². The zero-order chi connectivity index (χ0) is 29.0. The number of benzene rings is 2. The van der Waals surface area contributed by atoms with Crippen LogP contribution >= 0.6 is 0 Å². The third-order valence-corrected chi connectivity index (χ3v) is 5.38. The van der Waals surface area contributed by atoms with E-state index < -0.39 is 52.1 Å². The van der Waals surface area contributed by atoms with Crippen LogP contribution in [0, 0.1) is 16.0 Å². The molecule has 0 radical (unpaired) electrons. The highest BCUT2D eigenvalue weighted by atomic mass is 16.7. The quantitative estimate of drug-likeness (QED) is 0.214. The van der Waals surface area contributed by atoms with Crippen molar-refractivity contribution < 1.29 is 43.0 Å². The lowest BCUT2D eigenvalue weighted by Crippen LogP contribution is -2.55. The SMILES string of the molecule is CC(C)(C)OC(=O)NC(Cc1ccc([N+](=O)[O-])c(OCc2ccccc2)c1)C(=O)C1C(=O)OC(C)(C)OC1=O. The van der Waals surface area contributed by atoms with Gasteiger partial charge in [0, 0.05) is 26.3 Å². The van der Waals surface area contributed by atoms with Gasteiger partial charge < -0.3 is 24.3 Å². The van der Waals surface area contributed by atoms with Crippen LogP contribution in [-0.4, -0.2) is 46.2 Å². The van der Waals surface area contributed by atoms with E-state index in [1.807, 2.05) is 6.07 Å². The second-order valence-corrected chi connectivity index (χ2v) is 10.3. The smallest absolute Gasteiger partial charge is 0.408 e. The van der Waals surface area contributed by atoms with Crippen LogP contribution in [-0.2, 0) is 41.6 Å². The molecule has 39 heavy (non-hydrogen) atoms. The zero-order valence-electron chi connectivity index (χ0n) is 22.2. The number of Topliss-reactive ketones (excluding diaryl/α,β-unsaturated/α-hetero) is 1. The van der Waals surface area contributed by atoms with Gasteiger partial charge in [0.25, 0.3) is 5.79 Å². The number of hydrogen-bond acceptors (Lipinski definition) is 10. The highest BCUT2D eigenvalue weighted by Gasteiger charge is 2.49. The van der Waals surface area contributed by atoms with Crippen LogP contribution in [0.25, 0.3) is 0 Å². The molecule has 0 aromatic heterocycles. The van der Waals surface area contributed by atoms with Gasteiger partial charge in [-0.1, -0.05) is 36.4 Å². The molecule has 2 aromatic carbocycles. The van der Waals surface area contributed by atoms with Gasteiger partial charge in [-0.05, 0) is 38.0 Å². The Bertz CT molecular complexity index is 1250. The molecule has 1 amide bonds. The summed E-state index contributed by atoms with van der Waals surface area (Å²) in [6.45, 7) is 7.58. The van der Waals surface area contributed by atoms with E-state index in [2.05, 4.69) is 5.32 Å². The molecule has 0 aliphatic carbocycles. The van der Waals surface area contributed by atoms with Gasteiger partial charge in [-0.3, -0.25) is 24.5 Å². The van der Waals surface area contributed by atoms with Gasteiger partial charge >= 0.3 is 23.7 Å². The number of carbonyl (C=O) groups is 4. The number of esters is 2. The first-order chi connectivity index (χ1) is 18.1. The summed E-state index contributed by atoms with van der Waals surface area (Å²) in [6, 6.07) is 11.5. The van der Waals surface area contributed by atoms with Gasteiger partial charge in [0.2, 0.25) is 5.92 Å². The van der Waals surface area contributed by atoms with Crippen molar-refractivity contribution in [3.63, 3.8) is 0 Å². The molecule has 12 nitrogen and oxygen atoms in total. The summed E-state index contributed by atoms with van der Waals surface area (Å²) in [5.74, 6) is -6.78. The van der Waals surface area contributed by atoms with Gasteiger partial charge in [-0.15, -0.1) is 0 Å². The molecular formula is C27H30N2O10. The molecule has 0 saturated carbocycles. The van der Waals surface area contributed by atoms with Crippen molar-refractivity contribution in [2.24, 2.45) is 5.92 Å². The van der Waals surface area contributed by atoms with E-state index in [9.17, 15) is 29.3 Å². The van der Waals surface area contributed by atoms with E-state index in [0.29, 0.717) is 5.56 Å². The van der Waals surface area contributed by atoms with Crippen molar-refractivity contribution in [3.05, 3.63) is 69.8 Å². The summed E-state index contributed by atoms with van der Waals surface area (Å²) < 4.78 is 21.1. The van der Waals surface area contributed by atoms with Gasteiger partial charge in [-0.25, -0.2) is 4.79 Å². The lowest BCUT2D eigenvalue weighted by atomic mass is 9.92. The number of carbonyl (C=O) groups excluding carboxylic acids is 4. The number of nitro benzene ring substituents is 1. The summed E-state index contributed by atoms with van der Waals surface area (Å²) >= 11 is 0. The number of nitro groups is 1. The monoisotopic (exact) mass is 542 g/mol. The van der Waals surface area contributed by atoms with Crippen molar-refractivity contribution in [2.45, 2.75) is 65.1 Å². The Morgan fingerprint density at radius 3 is 2.23 bits per heavy atom. The summed E-state index contributed by atoms with van der Waals surface area (Å²) in [7, 11) is 0. The minimum Gasteiger partial charge on any atom is -0.482 e. The van der Waals surface area contributed by atoms with E-state index in [-0.39, 0.29) is 24.5 Å². The molecule has 1 atom stereocenters. The largest absolute Gasteiger partial charge is 0.482 e. The van der Waals surface area contributed by atoms with Gasteiger partial charge in [0.05, 0.1) is 11.0 Å². The van der Waals surface area contributed by atoms with Crippen LogP contribution in [0.5, 0.6) is 5.75 Å². The molecule has 1 N–H and O–H groups in total. The number of ketones is 1. The van der Waals surface area contributed by atoms with E-state index in [4.69, 9.17) is 18.9 Å². The van der Waals surface area contributed by atoms with Crippen molar-refractivity contribution in [1.29, 1.82) is 0 Å². The standard InChI is InChI=1S/C27H30N2O10/c1-26(2,3)39-25(33)28-18(22(30)21-23(31)37-27(4,5)38-24(21)32)13-17-11-12-19(29(34)35)20(14-17)36-15-16-9-7-6-8-10-16/h6-12,14,18,21H,13,15H2,1-5H3,(H,28,33). The minimum atomic E-state index is -1.94. The Hall–Kier alpha value is -4.48. The molecule has 0 spiro atoms. The predicted octanol–water partition coefficient (Wildman–Crippen LogP) is 3.63. The Kier molecular flexibility index (Phi) is 8.58. The fraction of sp³-hybridized carbons (Fsp3) is 0.407. The van der Waals surface area contributed by atoms with Crippen molar-refractivity contribution >= 4 is 29.5 Å². The Labute approximate surface area is 224 Å². The number of nitrogens with zero attached hydrogens (tertiary/aromatic N) is 1. The average molecular weight is 543 g/mol. The molecule has 3 rings (SSSR count). The van der Waals surface area contributed by atoms with Crippen LogP contribution < -0.4 is 10.1 Å². The van der Waals surface area contributed by atoms with Crippen LogP contribution in [0.2, 0.25) is 0 Å². The Morgan fingerprint density at radius 2 is 1.67 bits per heavy atom.